The summed E-state index contributed by atoms with van der Waals surface area (Å²) in [6, 6.07) is 9.72. The molecule has 3 amide bonds. The summed E-state index contributed by atoms with van der Waals surface area (Å²) in [5.41, 5.74) is 0.381. The van der Waals surface area contributed by atoms with E-state index < -0.39 is 10.0 Å². The SMILES string of the molecule is CO[C@H]1CN(C)C(=O)c2cc(NS(=O)(=O)c3ccc(Cl)cc3)ccc2OC[C@@H](C)N(C(=O)NC(C)C)C[C@H]1C. The summed E-state index contributed by atoms with van der Waals surface area (Å²) in [5.74, 6) is -0.170. The van der Waals surface area contributed by atoms with Crippen molar-refractivity contribution in [3.63, 3.8) is 0 Å². The quantitative estimate of drug-likeness (QED) is 0.551. The molecule has 39 heavy (non-hydrogen) atoms. The summed E-state index contributed by atoms with van der Waals surface area (Å²) in [4.78, 5) is 29.8. The second-order valence-electron chi connectivity index (χ2n) is 10.1. The number of halogens is 1. The lowest BCUT2D eigenvalue weighted by molar-refractivity contribution is 0.0165. The van der Waals surface area contributed by atoms with Gasteiger partial charge < -0.3 is 24.6 Å². The van der Waals surface area contributed by atoms with E-state index in [4.69, 9.17) is 21.1 Å². The molecule has 0 fully saturated rings. The van der Waals surface area contributed by atoms with Gasteiger partial charge in [0.15, 0.2) is 0 Å². The van der Waals surface area contributed by atoms with E-state index in [0.717, 1.165) is 0 Å². The van der Waals surface area contributed by atoms with Gasteiger partial charge in [-0.1, -0.05) is 18.5 Å². The minimum atomic E-state index is -3.93. The smallest absolute Gasteiger partial charge is 0.317 e. The molecule has 0 unspecified atom stereocenters. The number of carbonyl (C=O) groups excluding carboxylic acids is 2. The number of hydrogen-bond donors (Lipinski definition) is 2. The van der Waals surface area contributed by atoms with Crippen molar-refractivity contribution in [2.24, 2.45) is 5.92 Å². The lowest BCUT2D eigenvalue weighted by atomic mass is 10.0. The fourth-order valence-corrected chi connectivity index (χ4v) is 5.46. The molecule has 0 aromatic heterocycles. The Kier molecular flexibility index (Phi) is 10.1. The normalized spacial score (nSPS) is 20.9. The van der Waals surface area contributed by atoms with Crippen molar-refractivity contribution in [1.82, 2.24) is 15.1 Å². The number of nitrogens with one attached hydrogen (secondary N) is 2. The van der Waals surface area contributed by atoms with E-state index in [1.165, 1.54) is 41.3 Å². The highest BCUT2D eigenvalue weighted by molar-refractivity contribution is 7.92. The van der Waals surface area contributed by atoms with Crippen LogP contribution in [0.25, 0.3) is 0 Å². The number of rotatable bonds is 5. The maximum atomic E-state index is 13.5. The molecule has 0 saturated heterocycles. The van der Waals surface area contributed by atoms with Crippen LogP contribution in [0.5, 0.6) is 5.75 Å². The maximum absolute atomic E-state index is 13.5. The van der Waals surface area contributed by atoms with E-state index in [2.05, 4.69) is 10.0 Å². The Morgan fingerprint density at radius 2 is 1.79 bits per heavy atom. The van der Waals surface area contributed by atoms with Gasteiger partial charge in [0.05, 0.1) is 22.6 Å². The van der Waals surface area contributed by atoms with Crippen molar-refractivity contribution >= 4 is 39.2 Å². The molecule has 3 atom stereocenters. The third kappa shape index (κ3) is 7.77. The molecular formula is C27H37ClN4O6S. The van der Waals surface area contributed by atoms with Crippen molar-refractivity contribution in [2.45, 2.75) is 50.8 Å². The molecular weight excluding hydrogens is 544 g/mol. The molecule has 3 rings (SSSR count). The van der Waals surface area contributed by atoms with Crippen LogP contribution >= 0.6 is 11.6 Å². The van der Waals surface area contributed by atoms with Crippen molar-refractivity contribution < 1.29 is 27.5 Å². The van der Waals surface area contributed by atoms with Crippen LogP contribution in [0, 0.1) is 5.92 Å². The average molecular weight is 581 g/mol. The largest absolute Gasteiger partial charge is 0.491 e. The molecule has 2 N–H and O–H groups in total. The standard InChI is InChI=1S/C27H37ClN4O6S/c1-17(2)29-27(34)32-14-18(3)25(37-6)15-31(5)26(33)23-13-21(9-12-24(23)38-16-19(32)4)30-39(35,36)22-10-7-20(28)8-11-22/h7-13,17-19,25,30H,14-16H2,1-6H3,(H,29,34)/t18-,19-,25+/m1/s1. The monoisotopic (exact) mass is 580 g/mol. The summed E-state index contributed by atoms with van der Waals surface area (Å²) in [5, 5.41) is 3.36. The third-order valence-electron chi connectivity index (χ3n) is 6.49. The minimum absolute atomic E-state index is 0.0323. The zero-order valence-corrected chi connectivity index (χ0v) is 24.7. The van der Waals surface area contributed by atoms with Crippen molar-refractivity contribution in [1.29, 1.82) is 0 Å². The van der Waals surface area contributed by atoms with Crippen molar-refractivity contribution in [2.75, 3.05) is 38.6 Å². The van der Waals surface area contributed by atoms with E-state index in [-0.39, 0.29) is 71.1 Å². The number of methoxy groups -OCH3 is 1. The van der Waals surface area contributed by atoms with Gasteiger partial charge in [-0.25, -0.2) is 13.2 Å². The zero-order valence-electron chi connectivity index (χ0n) is 23.1. The Bertz CT molecular complexity index is 1270. The summed E-state index contributed by atoms with van der Waals surface area (Å²) in [6.07, 6.45) is -0.351. The van der Waals surface area contributed by atoms with Crippen LogP contribution in [0.15, 0.2) is 47.4 Å². The Morgan fingerprint density at radius 3 is 2.41 bits per heavy atom. The lowest BCUT2D eigenvalue weighted by Crippen LogP contribution is -2.52. The molecule has 2 aromatic rings. The van der Waals surface area contributed by atoms with Gasteiger partial charge in [0.1, 0.15) is 12.4 Å². The first kappa shape index (κ1) is 30.5. The second kappa shape index (κ2) is 12.9. The van der Waals surface area contributed by atoms with Gasteiger partial charge in [-0.15, -0.1) is 0 Å². The predicted octanol–water partition coefficient (Wildman–Crippen LogP) is 4.06. The number of ether oxygens (including phenoxy) is 2. The average Bonchev–Trinajstić information content (AvgIpc) is 2.87. The van der Waals surface area contributed by atoms with E-state index in [1.807, 2.05) is 27.7 Å². The number of sulfonamides is 1. The van der Waals surface area contributed by atoms with Crippen LogP contribution in [-0.4, -0.2) is 82.2 Å². The number of amides is 3. The molecule has 0 bridgehead atoms. The molecule has 2 aromatic carbocycles. The molecule has 12 heteroatoms. The summed E-state index contributed by atoms with van der Waals surface area (Å²) < 4.78 is 40.2. The van der Waals surface area contributed by atoms with Crippen LogP contribution in [-0.2, 0) is 14.8 Å². The topological polar surface area (TPSA) is 117 Å². The highest BCUT2D eigenvalue weighted by Crippen LogP contribution is 2.28. The summed E-state index contributed by atoms with van der Waals surface area (Å²) in [6.45, 7) is 8.42. The summed E-state index contributed by atoms with van der Waals surface area (Å²) in [7, 11) is -0.705. The van der Waals surface area contributed by atoms with Crippen LogP contribution in [0.2, 0.25) is 5.02 Å². The van der Waals surface area contributed by atoms with Gasteiger partial charge in [-0.05, 0) is 63.2 Å². The van der Waals surface area contributed by atoms with Crippen LogP contribution in [0.4, 0.5) is 10.5 Å². The van der Waals surface area contributed by atoms with Crippen molar-refractivity contribution in [3.05, 3.63) is 53.1 Å². The van der Waals surface area contributed by atoms with E-state index in [1.54, 1.807) is 25.1 Å². The fraction of sp³-hybridized carbons (Fsp3) is 0.481. The lowest BCUT2D eigenvalue weighted by Gasteiger charge is -2.36. The van der Waals surface area contributed by atoms with Crippen LogP contribution in [0.1, 0.15) is 38.1 Å². The Balaban J connectivity index is 1.97. The van der Waals surface area contributed by atoms with Gasteiger partial charge in [-0.3, -0.25) is 9.52 Å². The first-order chi connectivity index (χ1) is 18.3. The Labute approximate surface area is 235 Å². The molecule has 0 spiro atoms. The molecule has 1 aliphatic heterocycles. The van der Waals surface area contributed by atoms with Gasteiger partial charge in [0.2, 0.25) is 0 Å². The number of fused-ring (bicyclic) bond motifs is 1. The number of urea groups is 1. The molecule has 0 saturated carbocycles. The number of hydrogen-bond acceptors (Lipinski definition) is 6. The van der Waals surface area contributed by atoms with Crippen molar-refractivity contribution in [3.8, 4) is 5.75 Å². The summed E-state index contributed by atoms with van der Waals surface area (Å²) >= 11 is 5.89. The molecule has 0 radical (unpaired) electrons. The number of benzene rings is 2. The number of anilines is 1. The maximum Gasteiger partial charge on any atom is 0.317 e. The number of carbonyl (C=O) groups is 2. The van der Waals surface area contributed by atoms with E-state index in [0.29, 0.717) is 11.6 Å². The minimum Gasteiger partial charge on any atom is -0.491 e. The van der Waals surface area contributed by atoms with Crippen LogP contribution in [0.3, 0.4) is 0 Å². The number of nitrogens with zero attached hydrogens (tertiary/aromatic N) is 2. The van der Waals surface area contributed by atoms with Gasteiger partial charge >= 0.3 is 6.03 Å². The highest BCUT2D eigenvalue weighted by atomic mass is 35.5. The molecule has 214 valence electrons. The van der Waals surface area contributed by atoms with Gasteiger partial charge in [0, 0.05) is 49.9 Å². The second-order valence-corrected chi connectivity index (χ2v) is 12.2. The fourth-order valence-electron chi connectivity index (χ4n) is 4.28. The van der Waals surface area contributed by atoms with Gasteiger partial charge in [0.25, 0.3) is 15.9 Å². The molecule has 1 heterocycles. The first-order valence-corrected chi connectivity index (χ1v) is 14.6. The zero-order chi connectivity index (χ0) is 28.9. The Hall–Kier alpha value is -3.02. The predicted molar refractivity (Wildman–Crippen MR) is 151 cm³/mol. The number of likely N-dealkylation sites (N-methyl/N-ethyl adjacent to an activating group) is 1. The Morgan fingerprint density at radius 1 is 1.13 bits per heavy atom. The van der Waals surface area contributed by atoms with E-state index >= 15 is 0 Å². The molecule has 0 aliphatic carbocycles. The van der Waals surface area contributed by atoms with Gasteiger partial charge in [-0.2, -0.15) is 0 Å². The van der Waals surface area contributed by atoms with Crippen LogP contribution < -0.4 is 14.8 Å². The van der Waals surface area contributed by atoms with E-state index in [9.17, 15) is 18.0 Å². The first-order valence-electron chi connectivity index (χ1n) is 12.7. The molecule has 10 nitrogen and oxygen atoms in total. The highest BCUT2D eigenvalue weighted by Gasteiger charge is 2.31. The third-order valence-corrected chi connectivity index (χ3v) is 8.14. The molecule has 1 aliphatic rings.